The van der Waals surface area contributed by atoms with E-state index < -0.39 is 30.5 Å². The van der Waals surface area contributed by atoms with Crippen molar-refractivity contribution < 1.29 is 20.1 Å². The molecule has 4 atom stereocenters. The average molecular weight is 290 g/mol. The van der Waals surface area contributed by atoms with Crippen molar-refractivity contribution in [3.63, 3.8) is 0 Å². The molecule has 2 aromatic rings. The van der Waals surface area contributed by atoms with Crippen molar-refractivity contribution in [1.82, 2.24) is 14.5 Å². The summed E-state index contributed by atoms with van der Waals surface area (Å²) >= 11 is 0. The van der Waals surface area contributed by atoms with Crippen LogP contribution >= 0.6 is 0 Å². The minimum absolute atomic E-state index is 0.0151. The normalized spacial score (nSPS) is 32.4. The quantitative estimate of drug-likeness (QED) is 0.706. The number of hydrogen-bond acceptors (Lipinski definition) is 7. The number of ether oxygens (including phenoxy) is 1. The number of imidazole rings is 1. The molecule has 1 fully saturated rings. The van der Waals surface area contributed by atoms with E-state index in [1.54, 1.807) is 6.92 Å². The maximum absolute atomic E-state index is 10.2. The van der Waals surface area contributed by atoms with Crippen LogP contribution < -0.4 is 0 Å². The molecule has 8 heteroatoms. The number of rotatable bonds is 2. The van der Waals surface area contributed by atoms with Gasteiger partial charge in [0, 0.05) is 18.2 Å². The van der Waals surface area contributed by atoms with Crippen LogP contribution in [0.4, 0.5) is 0 Å². The highest BCUT2D eigenvalue weighted by atomic mass is 16.6. The topological polar surface area (TPSA) is 124 Å². The Morgan fingerprint density at radius 1 is 1.52 bits per heavy atom. The molecule has 1 aliphatic heterocycles. The van der Waals surface area contributed by atoms with Crippen molar-refractivity contribution in [2.24, 2.45) is 5.92 Å². The number of aromatic nitrogens is 3. The molecular formula is C13H14N4O4. The van der Waals surface area contributed by atoms with Gasteiger partial charge >= 0.3 is 0 Å². The fourth-order valence-electron chi connectivity index (χ4n) is 2.65. The van der Waals surface area contributed by atoms with Gasteiger partial charge in [0.2, 0.25) is 5.60 Å². The maximum atomic E-state index is 10.2. The number of pyridine rings is 1. The number of nitrogens with zero attached hydrogens (tertiary/aromatic N) is 4. The Labute approximate surface area is 119 Å². The minimum Gasteiger partial charge on any atom is -0.505 e. The molecule has 1 saturated heterocycles. The highest BCUT2D eigenvalue weighted by Crippen LogP contribution is 2.42. The molecule has 0 unspecified atom stereocenters. The van der Waals surface area contributed by atoms with Crippen LogP contribution in [0.5, 0.6) is 5.75 Å². The van der Waals surface area contributed by atoms with E-state index in [-0.39, 0.29) is 5.75 Å². The predicted molar refractivity (Wildman–Crippen MR) is 69.9 cm³/mol. The second-order valence-corrected chi connectivity index (χ2v) is 5.13. The first-order valence-electron chi connectivity index (χ1n) is 6.42. The van der Waals surface area contributed by atoms with E-state index in [2.05, 4.69) is 9.97 Å². The van der Waals surface area contributed by atoms with Crippen LogP contribution in [-0.4, -0.2) is 48.2 Å². The Morgan fingerprint density at radius 3 is 2.90 bits per heavy atom. The van der Waals surface area contributed by atoms with Gasteiger partial charge in [0.15, 0.2) is 5.65 Å². The van der Waals surface area contributed by atoms with Gasteiger partial charge in [-0.2, -0.15) is 5.26 Å². The van der Waals surface area contributed by atoms with Gasteiger partial charge in [-0.15, -0.1) is 0 Å². The number of hydrogen-bond donors (Lipinski definition) is 3. The van der Waals surface area contributed by atoms with Crippen LogP contribution in [0.2, 0.25) is 0 Å². The second kappa shape index (κ2) is 4.66. The lowest BCUT2D eigenvalue weighted by atomic mass is 9.92. The summed E-state index contributed by atoms with van der Waals surface area (Å²) in [5.74, 6) is -0.475. The van der Waals surface area contributed by atoms with Crippen molar-refractivity contribution in [2.45, 2.75) is 24.9 Å². The van der Waals surface area contributed by atoms with Crippen LogP contribution in [0.25, 0.3) is 11.2 Å². The molecule has 0 bridgehead atoms. The Hall–Kier alpha value is -2.21. The van der Waals surface area contributed by atoms with Crippen LogP contribution in [0, 0.1) is 17.2 Å². The molecular weight excluding hydrogens is 276 g/mol. The monoisotopic (exact) mass is 290 g/mol. The Morgan fingerprint density at radius 2 is 2.29 bits per heavy atom. The number of fused-ring (bicyclic) bond motifs is 1. The molecule has 0 saturated carbocycles. The molecule has 0 spiro atoms. The first kappa shape index (κ1) is 13.8. The number of aromatic hydroxyl groups is 1. The Bertz CT molecular complexity index is 725. The van der Waals surface area contributed by atoms with E-state index in [1.807, 2.05) is 6.07 Å². The number of nitriles is 1. The number of aliphatic hydroxyl groups excluding tert-OH is 2. The van der Waals surface area contributed by atoms with Crippen molar-refractivity contribution in [1.29, 1.82) is 5.26 Å². The maximum Gasteiger partial charge on any atom is 0.205 e. The van der Waals surface area contributed by atoms with Crippen molar-refractivity contribution in [3.05, 3.63) is 18.6 Å². The fraction of sp³-hybridized carbons (Fsp3) is 0.462. The van der Waals surface area contributed by atoms with Gasteiger partial charge in [0.05, 0.1) is 12.9 Å². The zero-order valence-electron chi connectivity index (χ0n) is 11.2. The molecule has 8 nitrogen and oxygen atoms in total. The largest absolute Gasteiger partial charge is 0.505 e. The van der Waals surface area contributed by atoms with E-state index >= 15 is 0 Å². The van der Waals surface area contributed by atoms with E-state index in [0.29, 0.717) is 11.2 Å². The molecule has 0 amide bonds. The van der Waals surface area contributed by atoms with Gasteiger partial charge in [0.25, 0.3) is 0 Å². The summed E-state index contributed by atoms with van der Waals surface area (Å²) in [6, 6.07) is 3.25. The summed E-state index contributed by atoms with van der Waals surface area (Å²) in [5, 5.41) is 38.5. The first-order chi connectivity index (χ1) is 10.0. The SMILES string of the molecule is C[C@@H]1[C@H](n2cnc3c(O)ccnc32)O[C@](C#N)(CO)[C@H]1O. The molecule has 1 aliphatic rings. The van der Waals surface area contributed by atoms with Gasteiger partial charge in [-0.3, -0.25) is 4.57 Å². The first-order valence-corrected chi connectivity index (χ1v) is 6.42. The third-order valence-corrected chi connectivity index (χ3v) is 3.89. The predicted octanol–water partition coefficient (Wildman–Crippen LogP) is -0.0826. The number of aliphatic hydroxyl groups is 2. The molecule has 3 heterocycles. The lowest BCUT2D eigenvalue weighted by Crippen LogP contribution is -2.43. The molecule has 0 aromatic carbocycles. The fourth-order valence-corrected chi connectivity index (χ4v) is 2.65. The lowest BCUT2D eigenvalue weighted by molar-refractivity contribution is -0.0909. The van der Waals surface area contributed by atoms with E-state index in [9.17, 15) is 20.6 Å². The molecule has 3 rings (SSSR count). The summed E-state index contributed by atoms with van der Waals surface area (Å²) in [7, 11) is 0. The summed E-state index contributed by atoms with van der Waals surface area (Å²) < 4.78 is 7.14. The molecule has 0 radical (unpaired) electrons. The van der Waals surface area contributed by atoms with Crippen LogP contribution in [0.15, 0.2) is 18.6 Å². The summed E-state index contributed by atoms with van der Waals surface area (Å²) in [5.41, 5.74) is -0.982. The van der Waals surface area contributed by atoms with Gasteiger partial charge in [-0.05, 0) is 0 Å². The summed E-state index contributed by atoms with van der Waals surface area (Å²) in [6.07, 6.45) is 0.990. The van der Waals surface area contributed by atoms with Gasteiger partial charge in [0.1, 0.15) is 29.7 Å². The zero-order valence-corrected chi connectivity index (χ0v) is 11.2. The third-order valence-electron chi connectivity index (χ3n) is 3.89. The minimum atomic E-state index is -1.67. The van der Waals surface area contributed by atoms with Gasteiger partial charge in [-0.1, -0.05) is 6.92 Å². The molecule has 110 valence electrons. The third kappa shape index (κ3) is 1.79. The van der Waals surface area contributed by atoms with E-state index in [0.717, 1.165) is 0 Å². The van der Waals surface area contributed by atoms with Gasteiger partial charge in [-0.25, -0.2) is 9.97 Å². The van der Waals surface area contributed by atoms with Gasteiger partial charge < -0.3 is 20.1 Å². The average Bonchev–Trinajstić information content (AvgIpc) is 3.02. The lowest BCUT2D eigenvalue weighted by Gasteiger charge is -2.21. The second-order valence-electron chi connectivity index (χ2n) is 5.13. The summed E-state index contributed by atoms with van der Waals surface area (Å²) in [6.45, 7) is 1.09. The van der Waals surface area contributed by atoms with Crippen LogP contribution in [0.3, 0.4) is 0 Å². The Balaban J connectivity index is 2.08. The Kier molecular flexibility index (Phi) is 3.06. The standard InChI is InChI=1S/C13H14N4O4/c1-7-10(20)13(4-14,5-18)21-12(7)17-6-16-9-8(19)2-3-15-11(9)17/h2-3,6-7,10,12,18,20H,5H2,1H3,(H,15,19)/t7-,10-,12+,13+/m0/s1. The van der Waals surface area contributed by atoms with Crippen molar-refractivity contribution in [2.75, 3.05) is 6.61 Å². The zero-order chi connectivity index (χ0) is 15.2. The highest BCUT2D eigenvalue weighted by Gasteiger charge is 2.54. The smallest absolute Gasteiger partial charge is 0.205 e. The van der Waals surface area contributed by atoms with Crippen molar-refractivity contribution >= 4 is 11.2 Å². The molecule has 21 heavy (non-hydrogen) atoms. The van der Waals surface area contributed by atoms with E-state index in [4.69, 9.17) is 4.74 Å². The molecule has 0 aliphatic carbocycles. The molecule has 2 aromatic heterocycles. The van der Waals surface area contributed by atoms with Crippen LogP contribution in [0.1, 0.15) is 13.2 Å². The van der Waals surface area contributed by atoms with Crippen LogP contribution in [-0.2, 0) is 4.74 Å². The summed E-state index contributed by atoms with van der Waals surface area (Å²) in [4.78, 5) is 8.20. The molecule has 3 N–H and O–H groups in total. The van der Waals surface area contributed by atoms with Crippen molar-refractivity contribution in [3.8, 4) is 11.8 Å². The highest BCUT2D eigenvalue weighted by molar-refractivity contribution is 5.77. The van der Waals surface area contributed by atoms with E-state index in [1.165, 1.54) is 23.2 Å².